The molecular weight excluding hydrogens is 408 g/mol. The van der Waals surface area contributed by atoms with Crippen LogP contribution >= 0.6 is 27.7 Å². The van der Waals surface area contributed by atoms with E-state index in [9.17, 15) is 0 Å². The molecule has 6 heteroatoms. The van der Waals surface area contributed by atoms with E-state index in [-0.39, 0.29) is 0 Å². The quantitative estimate of drug-likeness (QED) is 0.412. The van der Waals surface area contributed by atoms with Crippen LogP contribution in [0.15, 0.2) is 38.6 Å². The molecular formula is C20H31BrN4S. The second-order valence-electron chi connectivity index (χ2n) is 7.55. The zero-order chi connectivity index (χ0) is 18.5. The van der Waals surface area contributed by atoms with E-state index in [0.717, 1.165) is 29.1 Å². The van der Waals surface area contributed by atoms with Crippen molar-refractivity contribution in [3.63, 3.8) is 0 Å². The summed E-state index contributed by atoms with van der Waals surface area (Å²) in [5, 5.41) is 7.68. The highest BCUT2D eigenvalue weighted by atomic mass is 79.9. The highest BCUT2D eigenvalue weighted by Crippen LogP contribution is 2.32. The molecule has 2 aliphatic heterocycles. The Hall–Kier alpha value is -0.720. The van der Waals surface area contributed by atoms with Crippen LogP contribution in [-0.4, -0.2) is 54.9 Å². The van der Waals surface area contributed by atoms with Crippen molar-refractivity contribution in [2.45, 2.75) is 67.3 Å². The van der Waals surface area contributed by atoms with Gasteiger partial charge in [0.15, 0.2) is 5.96 Å². The normalized spacial score (nSPS) is 27.8. The third-order valence-corrected chi connectivity index (χ3v) is 7.25. The summed E-state index contributed by atoms with van der Waals surface area (Å²) in [5.41, 5.74) is 0. The van der Waals surface area contributed by atoms with Crippen LogP contribution in [-0.2, 0) is 0 Å². The SMILES string of the molecule is CN=C(NCC(C)Sc1ccc(Br)cc1)NC1CC2CCCC(C1)N2C. The molecule has 3 unspecified atom stereocenters. The van der Waals surface area contributed by atoms with Crippen molar-refractivity contribution >= 4 is 33.7 Å². The van der Waals surface area contributed by atoms with Crippen LogP contribution in [0.2, 0.25) is 0 Å². The first-order chi connectivity index (χ1) is 12.5. The fourth-order valence-corrected chi connectivity index (χ4v) is 5.34. The summed E-state index contributed by atoms with van der Waals surface area (Å²) in [6.45, 7) is 3.16. The molecule has 3 atom stereocenters. The maximum Gasteiger partial charge on any atom is 0.191 e. The largest absolute Gasteiger partial charge is 0.355 e. The van der Waals surface area contributed by atoms with Gasteiger partial charge in [-0.15, -0.1) is 11.8 Å². The second kappa shape index (κ2) is 9.47. The van der Waals surface area contributed by atoms with Crippen LogP contribution in [0.4, 0.5) is 0 Å². The molecule has 0 radical (unpaired) electrons. The fraction of sp³-hybridized carbons (Fsp3) is 0.650. The lowest BCUT2D eigenvalue weighted by atomic mass is 9.82. The Balaban J connectivity index is 1.45. The third kappa shape index (κ3) is 5.40. The highest BCUT2D eigenvalue weighted by Gasteiger charge is 2.36. The van der Waals surface area contributed by atoms with E-state index in [2.05, 4.69) is 74.7 Å². The minimum Gasteiger partial charge on any atom is -0.355 e. The van der Waals surface area contributed by atoms with E-state index in [1.165, 1.54) is 37.0 Å². The van der Waals surface area contributed by atoms with Gasteiger partial charge in [0, 0.05) is 46.3 Å². The molecule has 0 saturated carbocycles. The number of nitrogens with zero attached hydrogens (tertiary/aromatic N) is 2. The molecule has 0 aromatic heterocycles. The van der Waals surface area contributed by atoms with Crippen molar-refractivity contribution in [1.29, 1.82) is 0 Å². The first-order valence-corrected chi connectivity index (χ1v) is 11.3. The monoisotopic (exact) mass is 438 g/mol. The van der Waals surface area contributed by atoms with Gasteiger partial charge in [0.2, 0.25) is 0 Å². The van der Waals surface area contributed by atoms with Gasteiger partial charge in [-0.1, -0.05) is 29.3 Å². The zero-order valence-corrected chi connectivity index (χ0v) is 18.4. The average molecular weight is 439 g/mol. The molecule has 2 bridgehead atoms. The van der Waals surface area contributed by atoms with Gasteiger partial charge in [-0.05, 0) is 57.0 Å². The van der Waals surface area contributed by atoms with Crippen LogP contribution in [0.5, 0.6) is 0 Å². The molecule has 2 N–H and O–H groups in total. The van der Waals surface area contributed by atoms with E-state index in [4.69, 9.17) is 0 Å². The molecule has 2 aliphatic rings. The van der Waals surface area contributed by atoms with E-state index in [0.29, 0.717) is 11.3 Å². The lowest BCUT2D eigenvalue weighted by Crippen LogP contribution is -2.56. The van der Waals surface area contributed by atoms with Gasteiger partial charge < -0.3 is 15.5 Å². The summed E-state index contributed by atoms with van der Waals surface area (Å²) >= 11 is 5.38. The Bertz CT molecular complexity index is 592. The molecule has 144 valence electrons. The summed E-state index contributed by atoms with van der Waals surface area (Å²) in [6.07, 6.45) is 6.55. The van der Waals surface area contributed by atoms with Gasteiger partial charge >= 0.3 is 0 Å². The zero-order valence-electron chi connectivity index (χ0n) is 16.0. The van der Waals surface area contributed by atoms with E-state index in [1.807, 2.05) is 18.8 Å². The number of aliphatic imine (C=N–C) groups is 1. The Morgan fingerprint density at radius 1 is 1.27 bits per heavy atom. The Labute approximate surface area is 170 Å². The highest BCUT2D eigenvalue weighted by molar-refractivity contribution is 9.10. The molecule has 1 aromatic rings. The molecule has 1 aromatic carbocycles. The number of fused-ring (bicyclic) bond motifs is 2. The van der Waals surface area contributed by atoms with Crippen LogP contribution < -0.4 is 10.6 Å². The van der Waals surface area contributed by atoms with Gasteiger partial charge in [-0.3, -0.25) is 4.99 Å². The molecule has 4 nitrogen and oxygen atoms in total. The Morgan fingerprint density at radius 2 is 1.92 bits per heavy atom. The lowest BCUT2D eigenvalue weighted by molar-refractivity contribution is 0.0526. The molecule has 26 heavy (non-hydrogen) atoms. The molecule has 2 fully saturated rings. The van der Waals surface area contributed by atoms with Gasteiger partial charge in [0.1, 0.15) is 0 Å². The number of rotatable bonds is 5. The third-order valence-electron chi connectivity index (χ3n) is 5.61. The topological polar surface area (TPSA) is 39.7 Å². The molecule has 0 spiro atoms. The number of guanidine groups is 1. The molecule has 0 aliphatic carbocycles. The van der Waals surface area contributed by atoms with Gasteiger partial charge in [0.05, 0.1) is 0 Å². The fourth-order valence-electron chi connectivity index (χ4n) is 4.15. The summed E-state index contributed by atoms with van der Waals surface area (Å²) in [5.74, 6) is 0.945. The molecule has 3 rings (SSSR count). The minimum atomic E-state index is 0.478. The first-order valence-electron chi connectivity index (χ1n) is 9.66. The molecule has 2 heterocycles. The Morgan fingerprint density at radius 3 is 2.54 bits per heavy atom. The first kappa shape index (κ1) is 20.0. The minimum absolute atomic E-state index is 0.478. The van der Waals surface area contributed by atoms with E-state index >= 15 is 0 Å². The van der Waals surface area contributed by atoms with Crippen molar-refractivity contribution in [1.82, 2.24) is 15.5 Å². The maximum absolute atomic E-state index is 4.45. The summed E-state index contributed by atoms with van der Waals surface area (Å²) < 4.78 is 1.13. The van der Waals surface area contributed by atoms with Crippen molar-refractivity contribution in [2.75, 3.05) is 20.6 Å². The summed E-state index contributed by atoms with van der Waals surface area (Å²) in [6, 6.07) is 10.5. The van der Waals surface area contributed by atoms with Crippen molar-refractivity contribution in [2.24, 2.45) is 4.99 Å². The predicted molar refractivity (Wildman–Crippen MR) is 116 cm³/mol. The van der Waals surface area contributed by atoms with Crippen LogP contribution in [0.3, 0.4) is 0 Å². The van der Waals surface area contributed by atoms with Crippen LogP contribution in [0.25, 0.3) is 0 Å². The number of halogens is 1. The standard InChI is InChI=1S/C20H31BrN4S/c1-14(26-19-9-7-15(21)8-10-19)13-23-20(22-2)24-16-11-17-5-4-6-18(12-16)25(17)3/h7-10,14,16-18H,4-6,11-13H2,1-3H3,(H2,22,23,24). The number of hydrogen-bond acceptors (Lipinski definition) is 3. The van der Waals surface area contributed by atoms with Gasteiger partial charge in [-0.25, -0.2) is 0 Å². The molecule has 0 amide bonds. The number of thioether (sulfide) groups is 1. The van der Waals surface area contributed by atoms with Gasteiger partial charge in [0.25, 0.3) is 0 Å². The van der Waals surface area contributed by atoms with Crippen LogP contribution in [0, 0.1) is 0 Å². The van der Waals surface area contributed by atoms with Crippen molar-refractivity contribution in [3.05, 3.63) is 28.7 Å². The van der Waals surface area contributed by atoms with Crippen molar-refractivity contribution in [3.8, 4) is 0 Å². The Kier molecular flexibility index (Phi) is 7.29. The predicted octanol–water partition coefficient (Wildman–Crippen LogP) is 4.11. The van der Waals surface area contributed by atoms with Crippen molar-refractivity contribution < 1.29 is 0 Å². The summed E-state index contributed by atoms with van der Waals surface area (Å²) in [4.78, 5) is 8.36. The second-order valence-corrected chi connectivity index (χ2v) is 9.98. The van der Waals surface area contributed by atoms with Crippen LogP contribution in [0.1, 0.15) is 39.0 Å². The smallest absolute Gasteiger partial charge is 0.191 e. The van der Waals surface area contributed by atoms with E-state index in [1.54, 1.807) is 0 Å². The van der Waals surface area contributed by atoms with E-state index < -0.39 is 0 Å². The lowest BCUT2D eigenvalue weighted by Gasteiger charge is -2.47. The average Bonchev–Trinajstić information content (AvgIpc) is 2.61. The number of piperidine rings is 2. The summed E-state index contributed by atoms with van der Waals surface area (Å²) in [7, 11) is 4.18. The number of benzene rings is 1. The maximum atomic E-state index is 4.45. The number of hydrogen-bond donors (Lipinski definition) is 2. The van der Waals surface area contributed by atoms with Gasteiger partial charge in [-0.2, -0.15) is 0 Å². The number of nitrogens with one attached hydrogen (secondary N) is 2. The molecule has 2 saturated heterocycles.